The van der Waals surface area contributed by atoms with Gasteiger partial charge in [-0.3, -0.25) is 4.79 Å². The highest BCUT2D eigenvalue weighted by molar-refractivity contribution is 9.10. The zero-order valence-electron chi connectivity index (χ0n) is 18.5. The van der Waals surface area contributed by atoms with Crippen molar-refractivity contribution >= 4 is 51.2 Å². The van der Waals surface area contributed by atoms with E-state index in [1.54, 1.807) is 48.5 Å². The minimum atomic E-state index is -1.00. The molecule has 3 aromatic carbocycles. The van der Waals surface area contributed by atoms with E-state index in [1.165, 1.54) is 18.2 Å². The Hall–Kier alpha value is -3.80. The number of benzene rings is 3. The molecule has 0 spiro atoms. The molecule has 0 aromatic heterocycles. The van der Waals surface area contributed by atoms with Gasteiger partial charge in [0.05, 0.1) is 21.7 Å². The predicted molar refractivity (Wildman–Crippen MR) is 137 cm³/mol. The molecule has 178 valence electrons. The lowest BCUT2D eigenvalue weighted by atomic mass is 10.1. The van der Waals surface area contributed by atoms with E-state index in [-0.39, 0.29) is 22.8 Å². The van der Waals surface area contributed by atoms with Crippen LogP contribution in [0.25, 0.3) is 6.08 Å². The molecule has 2 N–H and O–H groups in total. The SMILES string of the molecule is CCOc1cccc(NC(=O)/C(C#N)=C\c2cc(Cl)c(OCc3ccc(C(=O)O)cc3)c(Br)c2)c1. The van der Waals surface area contributed by atoms with Gasteiger partial charge in [-0.1, -0.05) is 29.8 Å². The number of nitriles is 1. The fraction of sp³-hybridized carbons (Fsp3) is 0.115. The van der Waals surface area contributed by atoms with Crippen molar-refractivity contribution in [3.63, 3.8) is 0 Å². The maximum Gasteiger partial charge on any atom is 0.335 e. The first kappa shape index (κ1) is 25.8. The van der Waals surface area contributed by atoms with Gasteiger partial charge in [0.25, 0.3) is 5.91 Å². The van der Waals surface area contributed by atoms with Gasteiger partial charge in [-0.2, -0.15) is 5.26 Å². The first-order valence-electron chi connectivity index (χ1n) is 10.4. The molecule has 1 amide bonds. The molecule has 0 aliphatic heterocycles. The smallest absolute Gasteiger partial charge is 0.335 e. The van der Waals surface area contributed by atoms with Crippen molar-refractivity contribution < 1.29 is 24.2 Å². The number of hydrogen-bond donors (Lipinski definition) is 2. The van der Waals surface area contributed by atoms with Crippen LogP contribution < -0.4 is 14.8 Å². The number of carbonyl (C=O) groups is 2. The van der Waals surface area contributed by atoms with Gasteiger partial charge in [-0.25, -0.2) is 4.79 Å². The third-order valence-electron chi connectivity index (χ3n) is 4.68. The molecule has 0 aliphatic rings. The summed E-state index contributed by atoms with van der Waals surface area (Å²) in [7, 11) is 0. The van der Waals surface area contributed by atoms with Gasteiger partial charge < -0.3 is 19.9 Å². The maximum absolute atomic E-state index is 12.6. The lowest BCUT2D eigenvalue weighted by molar-refractivity contribution is -0.112. The van der Waals surface area contributed by atoms with Crippen LogP contribution in [0.1, 0.15) is 28.4 Å². The molecular formula is C26H20BrClN2O5. The van der Waals surface area contributed by atoms with E-state index in [2.05, 4.69) is 21.2 Å². The zero-order chi connectivity index (χ0) is 25.4. The van der Waals surface area contributed by atoms with Gasteiger partial charge in [0.15, 0.2) is 5.75 Å². The molecule has 9 heteroatoms. The Kier molecular flexibility index (Phi) is 8.90. The molecule has 35 heavy (non-hydrogen) atoms. The van der Waals surface area contributed by atoms with Gasteiger partial charge >= 0.3 is 5.97 Å². The summed E-state index contributed by atoms with van der Waals surface area (Å²) < 4.78 is 11.7. The van der Waals surface area contributed by atoms with E-state index >= 15 is 0 Å². The number of amides is 1. The normalized spacial score (nSPS) is 10.9. The Morgan fingerprint density at radius 1 is 1.14 bits per heavy atom. The molecule has 0 bridgehead atoms. The Bertz CT molecular complexity index is 1290. The zero-order valence-corrected chi connectivity index (χ0v) is 20.9. The number of anilines is 1. The molecular weight excluding hydrogens is 536 g/mol. The molecule has 3 aromatic rings. The number of carboxylic acids is 1. The lowest BCUT2D eigenvalue weighted by Gasteiger charge is -2.12. The maximum atomic E-state index is 12.6. The van der Waals surface area contributed by atoms with Crippen molar-refractivity contribution in [1.82, 2.24) is 0 Å². The van der Waals surface area contributed by atoms with Crippen LogP contribution in [0, 0.1) is 11.3 Å². The van der Waals surface area contributed by atoms with Crippen molar-refractivity contribution in [2.45, 2.75) is 13.5 Å². The Balaban J connectivity index is 1.73. The number of carbonyl (C=O) groups excluding carboxylic acids is 1. The molecule has 0 saturated carbocycles. The topological polar surface area (TPSA) is 109 Å². The highest BCUT2D eigenvalue weighted by Crippen LogP contribution is 2.35. The summed E-state index contributed by atoms with van der Waals surface area (Å²) in [5.74, 6) is -0.589. The van der Waals surface area contributed by atoms with Gasteiger partial charge in [0.2, 0.25) is 0 Å². The highest BCUT2D eigenvalue weighted by atomic mass is 79.9. The van der Waals surface area contributed by atoms with E-state index < -0.39 is 11.9 Å². The summed E-state index contributed by atoms with van der Waals surface area (Å²) >= 11 is 9.81. The average Bonchev–Trinajstić information content (AvgIpc) is 2.82. The molecule has 7 nitrogen and oxygen atoms in total. The molecule has 0 unspecified atom stereocenters. The molecule has 0 heterocycles. The van der Waals surface area contributed by atoms with E-state index in [4.69, 9.17) is 26.2 Å². The summed E-state index contributed by atoms with van der Waals surface area (Å²) in [5, 5.41) is 21.5. The number of carboxylic acid groups (broad SMARTS) is 1. The van der Waals surface area contributed by atoms with Gasteiger partial charge in [0.1, 0.15) is 24.0 Å². The van der Waals surface area contributed by atoms with E-state index in [9.17, 15) is 14.9 Å². The summed E-state index contributed by atoms with van der Waals surface area (Å²) in [6.45, 7) is 2.52. The van der Waals surface area contributed by atoms with Crippen LogP contribution in [0.4, 0.5) is 5.69 Å². The molecule has 3 rings (SSSR count). The van der Waals surface area contributed by atoms with Gasteiger partial charge in [-0.15, -0.1) is 0 Å². The summed E-state index contributed by atoms with van der Waals surface area (Å²) in [4.78, 5) is 23.6. The molecule has 0 radical (unpaired) electrons. The van der Waals surface area contributed by atoms with E-state index in [1.807, 2.05) is 13.0 Å². The van der Waals surface area contributed by atoms with Crippen molar-refractivity contribution in [2.75, 3.05) is 11.9 Å². The van der Waals surface area contributed by atoms with Gasteiger partial charge in [0, 0.05) is 11.8 Å². The molecule has 0 aliphatic carbocycles. The molecule has 0 fully saturated rings. The first-order valence-corrected chi connectivity index (χ1v) is 11.6. The third-order valence-corrected chi connectivity index (χ3v) is 5.55. The van der Waals surface area contributed by atoms with Crippen LogP contribution in [0.3, 0.4) is 0 Å². The van der Waals surface area contributed by atoms with Crippen LogP contribution in [-0.4, -0.2) is 23.6 Å². The third kappa shape index (κ3) is 7.09. The number of halogens is 2. The van der Waals surface area contributed by atoms with Crippen LogP contribution >= 0.6 is 27.5 Å². The Labute approximate surface area is 215 Å². The number of hydrogen-bond acceptors (Lipinski definition) is 5. The van der Waals surface area contributed by atoms with E-state index in [0.29, 0.717) is 33.8 Å². The second-order valence-corrected chi connectivity index (χ2v) is 8.45. The minimum absolute atomic E-state index is 0.109. The standard InChI is InChI=1S/C26H20BrClN2O5/c1-2-34-21-5-3-4-20(13-21)30-25(31)19(14-29)10-17-11-22(27)24(23(28)12-17)35-15-16-6-8-18(9-7-16)26(32)33/h3-13H,2,15H2,1H3,(H,30,31)(H,32,33)/b19-10-. The average molecular weight is 556 g/mol. The second kappa shape index (κ2) is 12.1. The predicted octanol–water partition coefficient (Wildman–Crippen LogP) is 6.32. The minimum Gasteiger partial charge on any atom is -0.494 e. The number of aromatic carboxylic acids is 1. The van der Waals surface area contributed by atoms with Crippen molar-refractivity contribution in [3.05, 3.63) is 92.4 Å². The quantitative estimate of drug-likeness (QED) is 0.236. The summed E-state index contributed by atoms with van der Waals surface area (Å²) in [5.41, 5.74) is 1.86. The van der Waals surface area contributed by atoms with Gasteiger partial charge in [-0.05, 0) is 76.5 Å². The number of rotatable bonds is 9. The Morgan fingerprint density at radius 3 is 2.51 bits per heavy atom. The first-order chi connectivity index (χ1) is 16.8. The number of nitrogens with one attached hydrogen (secondary N) is 1. The van der Waals surface area contributed by atoms with Crippen molar-refractivity contribution in [3.8, 4) is 17.6 Å². The number of nitrogens with zero attached hydrogens (tertiary/aromatic N) is 1. The fourth-order valence-corrected chi connectivity index (χ4v) is 4.03. The summed E-state index contributed by atoms with van der Waals surface area (Å²) in [6, 6.07) is 18.3. The van der Waals surface area contributed by atoms with Crippen molar-refractivity contribution in [2.24, 2.45) is 0 Å². The van der Waals surface area contributed by atoms with E-state index in [0.717, 1.165) is 5.56 Å². The second-order valence-electron chi connectivity index (χ2n) is 7.19. The fourth-order valence-electron chi connectivity index (χ4n) is 3.04. The van der Waals surface area contributed by atoms with Crippen LogP contribution in [-0.2, 0) is 11.4 Å². The van der Waals surface area contributed by atoms with Crippen LogP contribution in [0.15, 0.2) is 70.7 Å². The number of ether oxygens (including phenoxy) is 2. The summed E-state index contributed by atoms with van der Waals surface area (Å²) in [6.07, 6.45) is 1.42. The van der Waals surface area contributed by atoms with Crippen LogP contribution in [0.5, 0.6) is 11.5 Å². The van der Waals surface area contributed by atoms with Crippen LogP contribution in [0.2, 0.25) is 5.02 Å². The molecule has 0 saturated heterocycles. The Morgan fingerprint density at radius 2 is 1.89 bits per heavy atom. The van der Waals surface area contributed by atoms with Crippen molar-refractivity contribution in [1.29, 1.82) is 5.26 Å². The molecule has 0 atom stereocenters. The highest BCUT2D eigenvalue weighted by Gasteiger charge is 2.14. The monoisotopic (exact) mass is 554 g/mol. The largest absolute Gasteiger partial charge is 0.494 e. The lowest BCUT2D eigenvalue weighted by Crippen LogP contribution is -2.13.